The highest BCUT2D eigenvalue weighted by atomic mass is 19.1. The normalized spacial score (nSPS) is 12.5. The highest BCUT2D eigenvalue weighted by Gasteiger charge is 2.13. The first-order chi connectivity index (χ1) is 6.09. The van der Waals surface area contributed by atoms with Gasteiger partial charge in [-0.15, -0.1) is 0 Å². The molecule has 2 N–H and O–H groups in total. The van der Waals surface area contributed by atoms with Crippen molar-refractivity contribution in [1.82, 2.24) is 0 Å². The maximum absolute atomic E-state index is 12.4. The molecule has 0 spiro atoms. The Hall–Kier alpha value is -1.42. The average Bonchev–Trinajstić information content (AvgIpc) is 2.08. The second kappa shape index (κ2) is 4.00. The fourth-order valence-electron chi connectivity index (χ4n) is 0.931. The maximum Gasteiger partial charge on any atom is 0.332 e. The molecule has 1 unspecified atom stereocenters. The molecular weight excluding hydrogens is 175 g/mol. The van der Waals surface area contributed by atoms with Gasteiger partial charge in [-0.25, -0.2) is 9.18 Å². The van der Waals surface area contributed by atoms with Gasteiger partial charge in [0.15, 0.2) is 6.10 Å². The minimum atomic E-state index is -1.43. The summed E-state index contributed by atoms with van der Waals surface area (Å²) in [5.41, 5.74) is 0.594. The van der Waals surface area contributed by atoms with Crippen LogP contribution in [0.3, 0.4) is 0 Å². The van der Waals surface area contributed by atoms with Gasteiger partial charge in [-0.2, -0.15) is 0 Å². The summed E-state index contributed by atoms with van der Waals surface area (Å²) in [7, 11) is 0. The number of carboxylic acids is 1. The Balaban J connectivity index is 2.64. The number of halogens is 1. The molecule has 0 aliphatic heterocycles. The lowest BCUT2D eigenvalue weighted by Gasteiger charge is -2.04. The van der Waals surface area contributed by atoms with Crippen molar-refractivity contribution in [2.75, 3.05) is 0 Å². The molecule has 0 heterocycles. The van der Waals surface area contributed by atoms with Crippen LogP contribution in [0.1, 0.15) is 5.56 Å². The van der Waals surface area contributed by atoms with E-state index in [1.807, 2.05) is 0 Å². The first kappa shape index (κ1) is 9.67. The Morgan fingerprint density at radius 2 is 1.92 bits per heavy atom. The fraction of sp³-hybridized carbons (Fsp3) is 0.222. The lowest BCUT2D eigenvalue weighted by atomic mass is 10.1. The molecule has 4 heteroatoms. The zero-order valence-corrected chi connectivity index (χ0v) is 6.77. The molecule has 0 aromatic heterocycles. The monoisotopic (exact) mass is 184 g/mol. The van der Waals surface area contributed by atoms with Crippen LogP contribution in [-0.2, 0) is 11.2 Å². The SMILES string of the molecule is O=C(O)C(O)Cc1ccc(F)cc1. The van der Waals surface area contributed by atoms with Gasteiger partial charge in [0.1, 0.15) is 5.82 Å². The molecule has 1 aromatic carbocycles. The summed E-state index contributed by atoms with van der Waals surface area (Å²) >= 11 is 0. The van der Waals surface area contributed by atoms with Gasteiger partial charge in [-0.3, -0.25) is 0 Å². The molecule has 13 heavy (non-hydrogen) atoms. The Kier molecular flexibility index (Phi) is 2.97. The molecule has 0 saturated carbocycles. The maximum atomic E-state index is 12.4. The van der Waals surface area contributed by atoms with Gasteiger partial charge < -0.3 is 10.2 Å². The summed E-state index contributed by atoms with van der Waals surface area (Å²) in [6, 6.07) is 5.34. The van der Waals surface area contributed by atoms with Crippen molar-refractivity contribution in [2.45, 2.75) is 12.5 Å². The topological polar surface area (TPSA) is 57.5 Å². The summed E-state index contributed by atoms with van der Waals surface area (Å²) < 4.78 is 12.4. The van der Waals surface area contributed by atoms with Gasteiger partial charge >= 0.3 is 5.97 Å². The van der Waals surface area contributed by atoms with Gasteiger partial charge in [0.25, 0.3) is 0 Å². The van der Waals surface area contributed by atoms with Crippen LogP contribution in [0.2, 0.25) is 0 Å². The van der Waals surface area contributed by atoms with E-state index in [4.69, 9.17) is 10.2 Å². The van der Waals surface area contributed by atoms with Gasteiger partial charge in [-0.1, -0.05) is 12.1 Å². The zero-order chi connectivity index (χ0) is 9.84. The number of aliphatic carboxylic acids is 1. The second-order valence-electron chi connectivity index (χ2n) is 2.68. The molecular formula is C9H9FO3. The third kappa shape index (κ3) is 2.83. The molecule has 0 fully saturated rings. The van der Waals surface area contributed by atoms with E-state index in [2.05, 4.69) is 0 Å². The van der Waals surface area contributed by atoms with Crippen molar-refractivity contribution in [3.63, 3.8) is 0 Å². The second-order valence-corrected chi connectivity index (χ2v) is 2.68. The molecule has 1 atom stereocenters. The lowest BCUT2D eigenvalue weighted by Crippen LogP contribution is -2.21. The molecule has 3 nitrogen and oxygen atoms in total. The number of benzene rings is 1. The Morgan fingerprint density at radius 3 is 2.38 bits per heavy atom. The Labute approximate surface area is 74.4 Å². The minimum Gasteiger partial charge on any atom is -0.479 e. The largest absolute Gasteiger partial charge is 0.479 e. The summed E-state index contributed by atoms with van der Waals surface area (Å²) in [4.78, 5) is 10.2. The number of aliphatic hydroxyl groups is 1. The van der Waals surface area contributed by atoms with Crippen LogP contribution in [0.4, 0.5) is 4.39 Å². The van der Waals surface area contributed by atoms with E-state index in [9.17, 15) is 9.18 Å². The average molecular weight is 184 g/mol. The molecule has 0 saturated heterocycles. The number of hydrogen-bond acceptors (Lipinski definition) is 2. The van der Waals surface area contributed by atoms with Crippen LogP contribution >= 0.6 is 0 Å². The summed E-state index contributed by atoms with van der Waals surface area (Å²) in [6.07, 6.45) is -1.43. The van der Waals surface area contributed by atoms with E-state index in [0.717, 1.165) is 0 Å². The first-order valence-electron chi connectivity index (χ1n) is 3.75. The van der Waals surface area contributed by atoms with Gasteiger partial charge in [0.2, 0.25) is 0 Å². The standard InChI is InChI=1S/C9H9FO3/c10-7-3-1-6(2-4-7)5-8(11)9(12)13/h1-4,8,11H,5H2,(H,12,13). The van der Waals surface area contributed by atoms with Gasteiger partial charge in [0, 0.05) is 6.42 Å². The molecule has 0 aliphatic carbocycles. The quantitative estimate of drug-likeness (QED) is 0.730. The predicted octanol–water partition coefficient (Wildman–Crippen LogP) is 0.814. The van der Waals surface area contributed by atoms with E-state index < -0.39 is 12.1 Å². The van der Waals surface area contributed by atoms with Crippen molar-refractivity contribution in [1.29, 1.82) is 0 Å². The Bertz CT molecular complexity index is 294. The van der Waals surface area contributed by atoms with Crippen LogP contribution in [0.15, 0.2) is 24.3 Å². The highest BCUT2D eigenvalue weighted by molar-refractivity contribution is 5.72. The van der Waals surface area contributed by atoms with E-state index in [1.165, 1.54) is 24.3 Å². The summed E-state index contributed by atoms with van der Waals surface area (Å²) in [5, 5.41) is 17.3. The van der Waals surface area contributed by atoms with Crippen molar-refractivity contribution in [3.8, 4) is 0 Å². The van der Waals surface area contributed by atoms with Crippen LogP contribution < -0.4 is 0 Å². The van der Waals surface area contributed by atoms with Crippen LogP contribution in [-0.4, -0.2) is 22.3 Å². The van der Waals surface area contributed by atoms with Gasteiger partial charge in [0.05, 0.1) is 0 Å². The third-order valence-corrected chi connectivity index (χ3v) is 1.63. The fourth-order valence-corrected chi connectivity index (χ4v) is 0.931. The van der Waals surface area contributed by atoms with Crippen molar-refractivity contribution in [3.05, 3.63) is 35.6 Å². The number of rotatable bonds is 3. The first-order valence-corrected chi connectivity index (χ1v) is 3.75. The lowest BCUT2D eigenvalue weighted by molar-refractivity contribution is -0.146. The van der Waals surface area contributed by atoms with Gasteiger partial charge in [-0.05, 0) is 17.7 Å². The number of aliphatic hydroxyl groups excluding tert-OH is 1. The molecule has 1 aromatic rings. The molecule has 0 amide bonds. The molecule has 1 rings (SSSR count). The minimum absolute atomic E-state index is 0.00435. The Morgan fingerprint density at radius 1 is 1.38 bits per heavy atom. The molecule has 0 aliphatic rings. The highest BCUT2D eigenvalue weighted by Crippen LogP contribution is 2.05. The predicted molar refractivity (Wildman–Crippen MR) is 43.7 cm³/mol. The zero-order valence-electron chi connectivity index (χ0n) is 6.77. The van der Waals surface area contributed by atoms with Crippen molar-refractivity contribution < 1.29 is 19.4 Å². The van der Waals surface area contributed by atoms with E-state index >= 15 is 0 Å². The van der Waals surface area contributed by atoms with Crippen molar-refractivity contribution >= 4 is 5.97 Å². The summed E-state index contributed by atoms with van der Waals surface area (Å²) in [6.45, 7) is 0. The third-order valence-electron chi connectivity index (χ3n) is 1.63. The molecule has 0 bridgehead atoms. The van der Waals surface area contributed by atoms with Crippen LogP contribution in [0.25, 0.3) is 0 Å². The van der Waals surface area contributed by atoms with Crippen molar-refractivity contribution in [2.24, 2.45) is 0 Å². The molecule has 70 valence electrons. The van der Waals surface area contributed by atoms with E-state index in [-0.39, 0.29) is 12.2 Å². The number of hydrogen-bond donors (Lipinski definition) is 2. The van der Waals surface area contributed by atoms with Crippen LogP contribution in [0.5, 0.6) is 0 Å². The smallest absolute Gasteiger partial charge is 0.332 e. The molecule has 0 radical (unpaired) electrons. The number of carbonyl (C=O) groups is 1. The van der Waals surface area contributed by atoms with E-state index in [0.29, 0.717) is 5.56 Å². The summed E-state index contributed by atoms with van der Waals surface area (Å²) in [5.74, 6) is -1.65. The van der Waals surface area contributed by atoms with E-state index in [1.54, 1.807) is 0 Å². The van der Waals surface area contributed by atoms with Crippen LogP contribution in [0, 0.1) is 5.82 Å². The number of carboxylic acid groups (broad SMARTS) is 1.